The van der Waals surface area contributed by atoms with Crippen molar-refractivity contribution in [3.8, 4) is 17.1 Å². The fraction of sp³-hybridized carbons (Fsp3) is 0.300. The Morgan fingerprint density at radius 1 is 0.917 bits per heavy atom. The summed E-state index contributed by atoms with van der Waals surface area (Å²) in [6, 6.07) is 29.2. The van der Waals surface area contributed by atoms with E-state index < -0.39 is 0 Å². The molecule has 4 rings (SSSR count). The fourth-order valence-corrected chi connectivity index (χ4v) is 5.01. The molecule has 0 spiro atoms. The van der Waals surface area contributed by atoms with Gasteiger partial charge in [-0.05, 0) is 57.2 Å². The van der Waals surface area contributed by atoms with Gasteiger partial charge in [-0.15, -0.1) is 10.2 Å². The minimum absolute atomic E-state index is 0.134. The first-order valence-electron chi connectivity index (χ1n) is 12.6. The highest BCUT2D eigenvalue weighted by Crippen LogP contribution is 2.28. The fourth-order valence-electron chi connectivity index (χ4n) is 4.06. The van der Waals surface area contributed by atoms with Crippen LogP contribution >= 0.6 is 11.8 Å². The lowest BCUT2D eigenvalue weighted by atomic mass is 10.1. The summed E-state index contributed by atoms with van der Waals surface area (Å²) in [5, 5.41) is 13.0. The highest BCUT2D eigenvalue weighted by atomic mass is 32.2. The molecule has 0 saturated carbocycles. The van der Waals surface area contributed by atoms with Crippen molar-refractivity contribution in [2.45, 2.75) is 57.1 Å². The van der Waals surface area contributed by atoms with Crippen molar-refractivity contribution in [1.29, 1.82) is 0 Å². The summed E-state index contributed by atoms with van der Waals surface area (Å²) in [4.78, 5) is 12.4. The van der Waals surface area contributed by atoms with Crippen LogP contribution in [0.4, 0.5) is 0 Å². The molecular weight excluding hydrogens is 464 g/mol. The number of thioether (sulfide) groups is 1. The summed E-state index contributed by atoms with van der Waals surface area (Å²) in [6.45, 7) is 4.16. The van der Waals surface area contributed by atoms with Crippen molar-refractivity contribution in [1.82, 2.24) is 20.1 Å². The lowest BCUT2D eigenvalue weighted by Crippen LogP contribution is -2.32. The second-order valence-corrected chi connectivity index (χ2v) is 10.2. The molecule has 0 radical (unpaired) electrons. The maximum atomic E-state index is 12.4. The summed E-state index contributed by atoms with van der Waals surface area (Å²) in [5.41, 5.74) is 4.62. The smallest absolute Gasteiger partial charge is 0.220 e. The predicted molar refractivity (Wildman–Crippen MR) is 148 cm³/mol. The Labute approximate surface area is 218 Å². The maximum absolute atomic E-state index is 12.4. The minimum atomic E-state index is 0.134. The van der Waals surface area contributed by atoms with Gasteiger partial charge < -0.3 is 5.32 Å². The number of nitrogens with one attached hydrogen (secondary N) is 1. The van der Waals surface area contributed by atoms with Gasteiger partial charge in [-0.3, -0.25) is 9.36 Å². The zero-order valence-electron chi connectivity index (χ0n) is 21.1. The molecule has 0 fully saturated rings. The van der Waals surface area contributed by atoms with Crippen molar-refractivity contribution in [2.75, 3.05) is 5.75 Å². The molecule has 1 unspecified atom stereocenters. The summed E-state index contributed by atoms with van der Waals surface area (Å²) < 4.78 is 2.12. The number of hydrogen-bond donors (Lipinski definition) is 1. The van der Waals surface area contributed by atoms with E-state index in [4.69, 9.17) is 0 Å². The van der Waals surface area contributed by atoms with Crippen molar-refractivity contribution in [3.63, 3.8) is 0 Å². The molecule has 0 aliphatic carbocycles. The van der Waals surface area contributed by atoms with Crippen molar-refractivity contribution in [2.24, 2.45) is 0 Å². The Balaban J connectivity index is 1.27. The normalized spacial score (nSPS) is 11.8. The van der Waals surface area contributed by atoms with Crippen LogP contribution < -0.4 is 5.32 Å². The van der Waals surface area contributed by atoms with Gasteiger partial charge in [0, 0.05) is 29.5 Å². The van der Waals surface area contributed by atoms with Crippen molar-refractivity contribution >= 4 is 17.7 Å². The second-order valence-electron chi connectivity index (χ2n) is 9.14. The van der Waals surface area contributed by atoms with Gasteiger partial charge in [0.25, 0.3) is 0 Å². The summed E-state index contributed by atoms with van der Waals surface area (Å²) >= 11 is 1.69. The topological polar surface area (TPSA) is 59.8 Å². The third-order valence-electron chi connectivity index (χ3n) is 6.10. The van der Waals surface area contributed by atoms with E-state index in [1.54, 1.807) is 11.8 Å². The number of carbonyl (C=O) groups excluding carboxylic acids is 1. The zero-order valence-corrected chi connectivity index (χ0v) is 21.9. The van der Waals surface area contributed by atoms with E-state index in [2.05, 4.69) is 94.6 Å². The Morgan fingerprint density at radius 3 is 2.33 bits per heavy atom. The van der Waals surface area contributed by atoms with E-state index in [0.717, 1.165) is 53.7 Å². The molecule has 186 valence electrons. The molecule has 4 aromatic rings. The van der Waals surface area contributed by atoms with Gasteiger partial charge in [-0.1, -0.05) is 90.1 Å². The monoisotopic (exact) mass is 498 g/mol. The molecular formula is C30H34N4OS. The molecule has 0 aliphatic heterocycles. The largest absolute Gasteiger partial charge is 0.354 e. The van der Waals surface area contributed by atoms with Gasteiger partial charge in [0.1, 0.15) is 0 Å². The molecule has 6 heteroatoms. The van der Waals surface area contributed by atoms with Crippen LogP contribution in [0.5, 0.6) is 0 Å². The second kappa shape index (κ2) is 13.1. The number of unbranched alkanes of at least 4 members (excludes halogenated alkanes) is 1. The van der Waals surface area contributed by atoms with Crippen LogP contribution in [0.2, 0.25) is 0 Å². The van der Waals surface area contributed by atoms with Gasteiger partial charge in [0.15, 0.2) is 11.0 Å². The SMILES string of the molecule is Cc1ccc(-c2nnc(SCCCCC(=O)NC(C)CCc3ccccc3)n2-c2ccccc2)cc1. The van der Waals surface area contributed by atoms with Gasteiger partial charge in [0.05, 0.1) is 0 Å². The number of hydrogen-bond acceptors (Lipinski definition) is 4. The standard InChI is InChI=1S/C30H34N4OS/c1-23-16-20-26(21-17-23)29-32-33-30(34(29)27-13-7-4-8-14-27)36-22-10-9-15-28(35)31-24(2)18-19-25-11-5-3-6-12-25/h3-8,11-14,16-17,20-21,24H,9-10,15,18-19,22H2,1-2H3,(H,31,35). The highest BCUT2D eigenvalue weighted by molar-refractivity contribution is 7.99. The average molecular weight is 499 g/mol. The number of benzene rings is 3. The average Bonchev–Trinajstić information content (AvgIpc) is 3.32. The van der Waals surface area contributed by atoms with Crippen LogP contribution in [0.25, 0.3) is 17.1 Å². The number of nitrogens with zero attached hydrogens (tertiary/aromatic N) is 3. The van der Waals surface area contributed by atoms with Gasteiger partial charge >= 0.3 is 0 Å². The number of aromatic nitrogens is 3. The lowest BCUT2D eigenvalue weighted by molar-refractivity contribution is -0.121. The molecule has 0 bridgehead atoms. The Morgan fingerprint density at radius 2 is 1.61 bits per heavy atom. The highest BCUT2D eigenvalue weighted by Gasteiger charge is 2.16. The molecule has 0 aliphatic rings. The first-order chi connectivity index (χ1) is 17.6. The molecule has 1 amide bonds. The van der Waals surface area contributed by atoms with Crippen LogP contribution in [-0.4, -0.2) is 32.5 Å². The molecule has 1 aromatic heterocycles. The first kappa shape index (κ1) is 25.7. The Kier molecular flexibility index (Phi) is 9.33. The molecule has 1 atom stereocenters. The molecule has 3 aromatic carbocycles. The number of carbonyl (C=O) groups is 1. The van der Waals surface area contributed by atoms with Gasteiger partial charge in [-0.25, -0.2) is 0 Å². The van der Waals surface area contributed by atoms with Crippen LogP contribution in [0, 0.1) is 6.92 Å². The quantitative estimate of drug-likeness (QED) is 0.176. The minimum Gasteiger partial charge on any atom is -0.354 e. The van der Waals surface area contributed by atoms with E-state index in [-0.39, 0.29) is 11.9 Å². The van der Waals surface area contributed by atoms with E-state index in [1.807, 2.05) is 24.3 Å². The van der Waals surface area contributed by atoms with Crippen molar-refractivity contribution in [3.05, 3.63) is 96.1 Å². The first-order valence-corrected chi connectivity index (χ1v) is 13.6. The van der Waals surface area contributed by atoms with Crippen LogP contribution in [-0.2, 0) is 11.2 Å². The summed E-state index contributed by atoms with van der Waals surface area (Å²) in [7, 11) is 0. The van der Waals surface area contributed by atoms with Crippen molar-refractivity contribution < 1.29 is 4.79 Å². The van der Waals surface area contributed by atoms with E-state index in [1.165, 1.54) is 11.1 Å². The van der Waals surface area contributed by atoms with Gasteiger partial charge in [-0.2, -0.15) is 0 Å². The summed E-state index contributed by atoms with van der Waals surface area (Å²) in [6.07, 6.45) is 4.28. The molecule has 1 N–H and O–H groups in total. The Bertz CT molecular complexity index is 1220. The molecule has 36 heavy (non-hydrogen) atoms. The molecule has 1 heterocycles. The lowest BCUT2D eigenvalue weighted by Gasteiger charge is -2.14. The van der Waals surface area contributed by atoms with Crippen LogP contribution in [0.15, 0.2) is 90.1 Å². The number of rotatable bonds is 12. The third-order valence-corrected chi connectivity index (χ3v) is 7.12. The Hall–Kier alpha value is -3.38. The zero-order chi connectivity index (χ0) is 25.2. The van der Waals surface area contributed by atoms with E-state index >= 15 is 0 Å². The number of amides is 1. The molecule has 0 saturated heterocycles. The summed E-state index contributed by atoms with van der Waals surface area (Å²) in [5.74, 6) is 1.86. The van der Waals surface area contributed by atoms with Crippen LogP contribution in [0.1, 0.15) is 43.7 Å². The third kappa shape index (κ3) is 7.31. The molecule has 5 nitrogen and oxygen atoms in total. The van der Waals surface area contributed by atoms with E-state index in [9.17, 15) is 4.79 Å². The predicted octanol–water partition coefficient (Wildman–Crippen LogP) is 6.64. The maximum Gasteiger partial charge on any atom is 0.220 e. The van der Waals surface area contributed by atoms with Gasteiger partial charge in [0.2, 0.25) is 5.91 Å². The number of para-hydroxylation sites is 1. The van der Waals surface area contributed by atoms with Crippen LogP contribution in [0.3, 0.4) is 0 Å². The van der Waals surface area contributed by atoms with E-state index in [0.29, 0.717) is 6.42 Å². The number of aryl methyl sites for hydroxylation is 2.